The van der Waals surface area contributed by atoms with E-state index in [1.165, 1.54) is 29.2 Å². The molecule has 2 N–H and O–H groups in total. The van der Waals surface area contributed by atoms with Gasteiger partial charge < -0.3 is 14.8 Å². The summed E-state index contributed by atoms with van der Waals surface area (Å²) in [5, 5.41) is 11.5. The highest BCUT2D eigenvalue weighted by Crippen LogP contribution is 2.42. The highest BCUT2D eigenvalue weighted by molar-refractivity contribution is 6.51. The number of amides is 1. The number of aromatic nitrogens is 2. The minimum atomic E-state index is -1.02. The molecule has 1 aliphatic rings. The first-order chi connectivity index (χ1) is 17.8. The number of fused-ring (bicyclic) bond motifs is 1. The molecule has 3 aromatic carbocycles. The number of carbonyl (C=O) groups excluding carboxylic acids is 2. The van der Waals surface area contributed by atoms with E-state index < -0.39 is 23.5 Å². The van der Waals surface area contributed by atoms with E-state index in [2.05, 4.69) is 9.97 Å². The van der Waals surface area contributed by atoms with E-state index in [1.807, 2.05) is 39.0 Å². The van der Waals surface area contributed by atoms with Crippen LogP contribution in [0.4, 0.5) is 10.3 Å². The summed E-state index contributed by atoms with van der Waals surface area (Å²) in [7, 11) is 0. The predicted octanol–water partition coefficient (Wildman–Crippen LogP) is 5.85. The van der Waals surface area contributed by atoms with Gasteiger partial charge in [-0.2, -0.15) is 0 Å². The van der Waals surface area contributed by atoms with E-state index >= 15 is 0 Å². The maximum absolute atomic E-state index is 13.8. The van der Waals surface area contributed by atoms with Gasteiger partial charge in [-0.15, -0.1) is 0 Å². The lowest BCUT2D eigenvalue weighted by atomic mass is 9.93. The predicted molar refractivity (Wildman–Crippen MR) is 139 cm³/mol. The SMILES string of the molecule is CCOc1ccc(/C(O)=C2\C(=O)C(=O)N(c3nc4ccccc4[nH]3)C2c2ccc(F)cc2)cc1C(C)C. The third kappa shape index (κ3) is 4.24. The topological polar surface area (TPSA) is 95.5 Å². The highest BCUT2D eigenvalue weighted by Gasteiger charge is 2.48. The van der Waals surface area contributed by atoms with E-state index in [1.54, 1.807) is 24.3 Å². The maximum atomic E-state index is 13.8. The summed E-state index contributed by atoms with van der Waals surface area (Å²) < 4.78 is 19.5. The van der Waals surface area contributed by atoms with Crippen molar-refractivity contribution in [2.75, 3.05) is 11.5 Å². The van der Waals surface area contributed by atoms with Crippen molar-refractivity contribution in [3.63, 3.8) is 0 Å². The molecular weight excluding hydrogens is 473 g/mol. The van der Waals surface area contributed by atoms with Crippen molar-refractivity contribution >= 4 is 34.4 Å². The van der Waals surface area contributed by atoms with Gasteiger partial charge in [0.25, 0.3) is 5.78 Å². The van der Waals surface area contributed by atoms with Crippen molar-refractivity contribution in [2.24, 2.45) is 0 Å². The summed E-state index contributed by atoms with van der Waals surface area (Å²) in [5.41, 5.74) is 2.89. The number of hydrogen-bond acceptors (Lipinski definition) is 5. The lowest BCUT2D eigenvalue weighted by Gasteiger charge is -2.23. The lowest BCUT2D eigenvalue weighted by Crippen LogP contribution is -2.30. The molecule has 188 valence electrons. The number of carbonyl (C=O) groups is 2. The molecule has 8 heteroatoms. The molecule has 0 bridgehead atoms. The lowest BCUT2D eigenvalue weighted by molar-refractivity contribution is -0.132. The van der Waals surface area contributed by atoms with E-state index in [0.29, 0.717) is 34.5 Å². The van der Waals surface area contributed by atoms with Crippen LogP contribution in [-0.4, -0.2) is 33.4 Å². The Morgan fingerprint density at radius 3 is 2.51 bits per heavy atom. The zero-order chi connectivity index (χ0) is 26.3. The number of nitrogens with zero attached hydrogens (tertiary/aromatic N) is 2. The molecule has 4 aromatic rings. The number of ether oxygens (including phenoxy) is 1. The molecule has 1 fully saturated rings. The van der Waals surface area contributed by atoms with Gasteiger partial charge in [-0.1, -0.05) is 38.1 Å². The van der Waals surface area contributed by atoms with Gasteiger partial charge in [-0.05, 0) is 66.4 Å². The quantitative estimate of drug-likeness (QED) is 0.197. The van der Waals surface area contributed by atoms with E-state index in [0.717, 1.165) is 5.56 Å². The third-order valence-electron chi connectivity index (χ3n) is 6.44. The fourth-order valence-corrected chi connectivity index (χ4v) is 4.65. The number of imidazole rings is 1. The summed E-state index contributed by atoms with van der Waals surface area (Å²) >= 11 is 0. The summed E-state index contributed by atoms with van der Waals surface area (Å²) in [6.07, 6.45) is 0. The summed E-state index contributed by atoms with van der Waals surface area (Å²) in [6, 6.07) is 16.9. The Hall–Kier alpha value is -4.46. The minimum absolute atomic E-state index is 0.0835. The zero-order valence-corrected chi connectivity index (χ0v) is 20.7. The highest BCUT2D eigenvalue weighted by atomic mass is 19.1. The Bertz CT molecular complexity index is 1510. The van der Waals surface area contributed by atoms with Crippen LogP contribution in [-0.2, 0) is 9.59 Å². The number of nitrogens with one attached hydrogen (secondary N) is 1. The minimum Gasteiger partial charge on any atom is -0.507 e. The molecule has 1 aliphatic heterocycles. The van der Waals surface area contributed by atoms with Crippen molar-refractivity contribution in [1.82, 2.24) is 9.97 Å². The molecule has 0 radical (unpaired) electrons. The zero-order valence-electron chi connectivity index (χ0n) is 20.7. The Morgan fingerprint density at radius 2 is 1.84 bits per heavy atom. The van der Waals surface area contributed by atoms with Gasteiger partial charge in [0.2, 0.25) is 5.95 Å². The first kappa shape index (κ1) is 24.2. The van der Waals surface area contributed by atoms with Crippen molar-refractivity contribution in [3.8, 4) is 5.75 Å². The monoisotopic (exact) mass is 499 g/mol. The van der Waals surface area contributed by atoms with Gasteiger partial charge in [0, 0.05) is 5.56 Å². The van der Waals surface area contributed by atoms with Crippen LogP contribution in [0.15, 0.2) is 72.3 Å². The molecular formula is C29H26FN3O4. The first-order valence-electron chi connectivity index (χ1n) is 12.1. The van der Waals surface area contributed by atoms with Crippen LogP contribution in [0.5, 0.6) is 5.75 Å². The second-order valence-electron chi connectivity index (χ2n) is 9.14. The molecule has 1 atom stereocenters. The van der Waals surface area contributed by atoms with Gasteiger partial charge in [-0.25, -0.2) is 9.37 Å². The van der Waals surface area contributed by atoms with Gasteiger partial charge >= 0.3 is 5.91 Å². The average Bonchev–Trinajstić information content (AvgIpc) is 3.43. The number of hydrogen-bond donors (Lipinski definition) is 2. The number of para-hydroxylation sites is 2. The molecule has 5 rings (SSSR count). The smallest absolute Gasteiger partial charge is 0.302 e. The van der Waals surface area contributed by atoms with E-state index in [4.69, 9.17) is 4.74 Å². The van der Waals surface area contributed by atoms with Crippen LogP contribution >= 0.6 is 0 Å². The molecule has 1 saturated heterocycles. The Morgan fingerprint density at radius 1 is 1.11 bits per heavy atom. The van der Waals surface area contributed by atoms with Gasteiger partial charge in [0.1, 0.15) is 17.3 Å². The van der Waals surface area contributed by atoms with E-state index in [-0.39, 0.29) is 23.2 Å². The summed E-state index contributed by atoms with van der Waals surface area (Å²) in [4.78, 5) is 35.6. The normalized spacial score (nSPS) is 17.2. The fourth-order valence-electron chi connectivity index (χ4n) is 4.65. The van der Waals surface area contributed by atoms with Crippen molar-refractivity contribution in [2.45, 2.75) is 32.7 Å². The van der Waals surface area contributed by atoms with Crippen LogP contribution in [0.25, 0.3) is 16.8 Å². The molecule has 0 spiro atoms. The number of ketones is 1. The number of halogens is 1. The molecule has 37 heavy (non-hydrogen) atoms. The number of anilines is 1. The third-order valence-corrected chi connectivity index (χ3v) is 6.44. The number of aliphatic hydroxyl groups is 1. The van der Waals surface area contributed by atoms with Crippen molar-refractivity contribution in [1.29, 1.82) is 0 Å². The number of rotatable bonds is 6. The summed E-state index contributed by atoms with van der Waals surface area (Å²) in [6.45, 7) is 6.37. The largest absolute Gasteiger partial charge is 0.507 e. The van der Waals surface area contributed by atoms with Gasteiger partial charge in [-0.3, -0.25) is 14.5 Å². The molecule has 7 nitrogen and oxygen atoms in total. The van der Waals surface area contributed by atoms with Gasteiger partial charge in [0.05, 0.1) is 29.3 Å². The van der Waals surface area contributed by atoms with Crippen molar-refractivity contribution in [3.05, 3.63) is 94.8 Å². The van der Waals surface area contributed by atoms with Crippen LogP contribution < -0.4 is 9.64 Å². The first-order valence-corrected chi connectivity index (χ1v) is 12.1. The van der Waals surface area contributed by atoms with Crippen LogP contribution in [0.2, 0.25) is 0 Å². The molecule has 0 saturated carbocycles. The molecule has 0 aliphatic carbocycles. The maximum Gasteiger partial charge on any atom is 0.302 e. The number of aromatic amines is 1. The molecule has 1 unspecified atom stereocenters. The molecule has 1 amide bonds. The number of Topliss-reactive ketones (excluding diaryl/α,β-unsaturated/α-hetero) is 1. The van der Waals surface area contributed by atoms with Crippen LogP contribution in [0.3, 0.4) is 0 Å². The van der Waals surface area contributed by atoms with Crippen molar-refractivity contribution < 1.29 is 23.8 Å². The number of aliphatic hydroxyl groups excluding tert-OH is 1. The van der Waals surface area contributed by atoms with Crippen LogP contribution in [0, 0.1) is 5.82 Å². The summed E-state index contributed by atoms with van der Waals surface area (Å²) in [5.74, 6) is -1.55. The second kappa shape index (κ2) is 9.54. The number of benzene rings is 3. The Kier molecular flexibility index (Phi) is 6.25. The van der Waals surface area contributed by atoms with Gasteiger partial charge in [0.15, 0.2) is 0 Å². The fraction of sp³-hybridized carbons (Fsp3) is 0.207. The molecule has 2 heterocycles. The van der Waals surface area contributed by atoms with Crippen LogP contribution in [0.1, 0.15) is 49.4 Å². The van der Waals surface area contributed by atoms with E-state index in [9.17, 15) is 19.1 Å². The molecule has 1 aromatic heterocycles. The second-order valence-corrected chi connectivity index (χ2v) is 9.14. The Balaban J connectivity index is 1.71. The Labute approximate surface area is 213 Å². The average molecular weight is 500 g/mol. The number of H-pyrrole nitrogens is 1. The standard InChI is InChI=1S/C29H26FN3O4/c1-4-37-23-14-11-18(15-20(23)16(2)3)26(34)24-25(17-9-12-19(30)13-10-17)33(28(36)27(24)35)29-31-21-7-5-6-8-22(21)32-29/h5-16,25,34H,4H2,1-3H3,(H,31,32)/b26-24+.